The molecule has 0 amide bonds. The van der Waals surface area contributed by atoms with Gasteiger partial charge in [0.25, 0.3) is 0 Å². The second kappa shape index (κ2) is 5.49. The highest BCUT2D eigenvalue weighted by molar-refractivity contribution is 4.73. The third-order valence-electron chi connectivity index (χ3n) is 1.56. The molecule has 1 fully saturated rings. The van der Waals surface area contributed by atoms with Gasteiger partial charge in [-0.15, -0.1) is 0 Å². The number of hydrogen-bond acceptors (Lipinski definition) is 4. The Kier molecular flexibility index (Phi) is 4.45. The molecule has 11 heavy (non-hydrogen) atoms. The van der Waals surface area contributed by atoms with Crippen LogP contribution in [-0.4, -0.2) is 46.3 Å². The Morgan fingerprint density at radius 1 is 1.36 bits per heavy atom. The van der Waals surface area contributed by atoms with E-state index in [4.69, 9.17) is 14.2 Å². The molecule has 1 aliphatic heterocycles. The molecule has 1 rings (SSSR count). The lowest BCUT2D eigenvalue weighted by Gasteiger charge is -2.26. The summed E-state index contributed by atoms with van der Waals surface area (Å²) in [5.41, 5.74) is 0. The van der Waals surface area contributed by atoms with Crippen LogP contribution in [0.5, 0.6) is 0 Å². The summed E-state index contributed by atoms with van der Waals surface area (Å²) in [7, 11) is 1.65. The molecule has 4 nitrogen and oxygen atoms in total. The molecule has 1 aliphatic rings. The minimum atomic E-state index is 0.359. The maximum absolute atomic E-state index is 5.28. The summed E-state index contributed by atoms with van der Waals surface area (Å²) in [5, 5.41) is 3.11. The molecule has 0 saturated carbocycles. The fourth-order valence-corrected chi connectivity index (χ4v) is 0.726. The van der Waals surface area contributed by atoms with E-state index in [1.165, 1.54) is 0 Å². The Labute approximate surface area is 66.8 Å². The maximum Gasteiger partial charge on any atom is 0.147 e. The molecular weight excluding hydrogens is 146 g/mol. The average molecular weight is 161 g/mol. The maximum atomic E-state index is 5.28. The Hall–Kier alpha value is -0.160. The second-order valence-corrected chi connectivity index (χ2v) is 2.47. The molecule has 0 aliphatic carbocycles. The van der Waals surface area contributed by atoms with Crippen molar-refractivity contribution < 1.29 is 14.2 Å². The van der Waals surface area contributed by atoms with Gasteiger partial charge < -0.3 is 19.5 Å². The van der Waals surface area contributed by atoms with Crippen molar-refractivity contribution >= 4 is 0 Å². The van der Waals surface area contributed by atoms with Gasteiger partial charge in [-0.25, -0.2) is 0 Å². The lowest BCUT2D eigenvalue weighted by Crippen LogP contribution is -2.48. The standard InChI is InChI=1S/C7H15NO3/c1-9-2-3-10-6-11-7-4-8-5-7/h7-8H,2-6H2,1H3. The van der Waals surface area contributed by atoms with Crippen molar-refractivity contribution in [2.75, 3.05) is 40.2 Å². The van der Waals surface area contributed by atoms with E-state index in [9.17, 15) is 0 Å². The van der Waals surface area contributed by atoms with Gasteiger partial charge in [0.15, 0.2) is 0 Å². The molecular formula is C7H15NO3. The fourth-order valence-electron chi connectivity index (χ4n) is 0.726. The Morgan fingerprint density at radius 2 is 2.18 bits per heavy atom. The van der Waals surface area contributed by atoms with E-state index in [0.717, 1.165) is 13.1 Å². The van der Waals surface area contributed by atoms with Crippen molar-refractivity contribution in [2.45, 2.75) is 6.10 Å². The van der Waals surface area contributed by atoms with Gasteiger partial charge in [-0.1, -0.05) is 0 Å². The van der Waals surface area contributed by atoms with Gasteiger partial charge in [-0.05, 0) is 0 Å². The number of nitrogens with one attached hydrogen (secondary N) is 1. The van der Waals surface area contributed by atoms with Crippen LogP contribution in [0, 0.1) is 0 Å². The highest BCUT2D eigenvalue weighted by atomic mass is 16.7. The summed E-state index contributed by atoms with van der Waals surface area (Å²) in [6.45, 7) is 3.53. The van der Waals surface area contributed by atoms with Crippen LogP contribution in [0.4, 0.5) is 0 Å². The minimum Gasteiger partial charge on any atom is -0.382 e. The van der Waals surface area contributed by atoms with Crippen molar-refractivity contribution in [3.05, 3.63) is 0 Å². The van der Waals surface area contributed by atoms with Crippen molar-refractivity contribution in [3.8, 4) is 0 Å². The zero-order valence-electron chi connectivity index (χ0n) is 6.84. The van der Waals surface area contributed by atoms with Crippen LogP contribution in [0.15, 0.2) is 0 Å². The van der Waals surface area contributed by atoms with Gasteiger partial charge in [-0.3, -0.25) is 0 Å². The first-order chi connectivity index (χ1) is 5.43. The monoisotopic (exact) mass is 161 g/mol. The first kappa shape index (κ1) is 8.93. The Bertz CT molecular complexity index is 95.7. The van der Waals surface area contributed by atoms with E-state index in [1.54, 1.807) is 7.11 Å². The van der Waals surface area contributed by atoms with Gasteiger partial charge in [0.2, 0.25) is 0 Å². The van der Waals surface area contributed by atoms with Crippen LogP contribution in [0.3, 0.4) is 0 Å². The van der Waals surface area contributed by atoms with Crippen LogP contribution >= 0.6 is 0 Å². The van der Waals surface area contributed by atoms with Crippen LogP contribution in [-0.2, 0) is 14.2 Å². The third-order valence-corrected chi connectivity index (χ3v) is 1.56. The Morgan fingerprint density at radius 3 is 2.73 bits per heavy atom. The van der Waals surface area contributed by atoms with Gasteiger partial charge in [-0.2, -0.15) is 0 Å². The topological polar surface area (TPSA) is 39.7 Å². The van der Waals surface area contributed by atoms with Crippen LogP contribution < -0.4 is 5.32 Å². The van der Waals surface area contributed by atoms with Gasteiger partial charge >= 0.3 is 0 Å². The zero-order valence-corrected chi connectivity index (χ0v) is 6.84. The number of rotatable bonds is 6. The quantitative estimate of drug-likeness (QED) is 0.425. The lowest BCUT2D eigenvalue weighted by molar-refractivity contribution is -0.109. The molecule has 4 heteroatoms. The summed E-state index contributed by atoms with van der Waals surface area (Å²) in [4.78, 5) is 0. The summed E-state index contributed by atoms with van der Waals surface area (Å²) >= 11 is 0. The average Bonchev–Trinajstić information content (AvgIpc) is 1.93. The minimum absolute atomic E-state index is 0.359. The summed E-state index contributed by atoms with van der Waals surface area (Å²) in [6, 6.07) is 0. The molecule has 0 aromatic carbocycles. The van der Waals surface area contributed by atoms with E-state index in [0.29, 0.717) is 26.1 Å². The molecule has 0 unspecified atom stereocenters. The van der Waals surface area contributed by atoms with Crippen LogP contribution in [0.2, 0.25) is 0 Å². The first-order valence-corrected chi connectivity index (χ1v) is 3.82. The second-order valence-electron chi connectivity index (χ2n) is 2.47. The Balaban J connectivity index is 1.73. The molecule has 1 N–H and O–H groups in total. The number of hydrogen-bond donors (Lipinski definition) is 1. The smallest absolute Gasteiger partial charge is 0.147 e. The van der Waals surface area contributed by atoms with Crippen molar-refractivity contribution in [3.63, 3.8) is 0 Å². The van der Waals surface area contributed by atoms with E-state index < -0.39 is 0 Å². The molecule has 0 bridgehead atoms. The highest BCUT2D eigenvalue weighted by Gasteiger charge is 2.16. The predicted molar refractivity (Wildman–Crippen MR) is 40.4 cm³/mol. The molecule has 0 aromatic heterocycles. The van der Waals surface area contributed by atoms with E-state index in [-0.39, 0.29) is 0 Å². The molecule has 0 radical (unpaired) electrons. The van der Waals surface area contributed by atoms with Crippen molar-refractivity contribution in [1.29, 1.82) is 0 Å². The largest absolute Gasteiger partial charge is 0.382 e. The van der Waals surface area contributed by atoms with Gasteiger partial charge in [0.1, 0.15) is 6.79 Å². The van der Waals surface area contributed by atoms with E-state index in [1.807, 2.05) is 0 Å². The number of methoxy groups -OCH3 is 1. The zero-order chi connectivity index (χ0) is 7.94. The van der Waals surface area contributed by atoms with Gasteiger partial charge in [0.05, 0.1) is 19.3 Å². The number of ether oxygens (including phenoxy) is 3. The molecule has 1 saturated heterocycles. The lowest BCUT2D eigenvalue weighted by atomic mass is 10.2. The fraction of sp³-hybridized carbons (Fsp3) is 1.00. The SMILES string of the molecule is COCCOCOC1CNC1. The van der Waals surface area contributed by atoms with Crippen LogP contribution in [0.1, 0.15) is 0 Å². The summed E-state index contributed by atoms with van der Waals surface area (Å²) in [5.74, 6) is 0. The third kappa shape index (κ3) is 3.67. The molecule has 1 heterocycles. The summed E-state index contributed by atoms with van der Waals surface area (Å²) in [6.07, 6.45) is 0.359. The molecule has 66 valence electrons. The normalized spacial score (nSPS) is 18.3. The summed E-state index contributed by atoms with van der Waals surface area (Å²) < 4.78 is 15.2. The first-order valence-electron chi connectivity index (χ1n) is 3.82. The van der Waals surface area contributed by atoms with Crippen molar-refractivity contribution in [2.24, 2.45) is 0 Å². The molecule has 0 atom stereocenters. The molecule has 0 spiro atoms. The van der Waals surface area contributed by atoms with Crippen LogP contribution in [0.25, 0.3) is 0 Å². The predicted octanol–water partition coefficient (Wildman–Crippen LogP) is -0.405. The van der Waals surface area contributed by atoms with E-state index in [2.05, 4.69) is 5.32 Å². The van der Waals surface area contributed by atoms with Crippen molar-refractivity contribution in [1.82, 2.24) is 5.32 Å². The molecule has 0 aromatic rings. The highest BCUT2D eigenvalue weighted by Crippen LogP contribution is 1.97. The van der Waals surface area contributed by atoms with E-state index >= 15 is 0 Å². The van der Waals surface area contributed by atoms with Gasteiger partial charge in [0, 0.05) is 20.2 Å².